The summed E-state index contributed by atoms with van der Waals surface area (Å²) in [5, 5.41) is 1.11. The second-order valence-electron chi connectivity index (χ2n) is 20.4. The smallest absolute Gasteiger partial charge is 0.250 e. The molecule has 5 aromatic rings. The zero-order chi connectivity index (χ0) is 45.4. The molecule has 0 fully saturated rings. The summed E-state index contributed by atoms with van der Waals surface area (Å²) in [6, 6.07) is 25.6. The molecule has 63 heavy (non-hydrogen) atoms. The molecule has 2 aliphatic rings. The number of ether oxygens (including phenoxy) is 1. The van der Waals surface area contributed by atoms with Gasteiger partial charge in [-0.15, -0.1) is 0 Å². The molecule has 2 aliphatic carbocycles. The van der Waals surface area contributed by atoms with Gasteiger partial charge in [-0.25, -0.2) is 0 Å². The molecule has 0 saturated carbocycles. The van der Waals surface area contributed by atoms with E-state index in [1.165, 1.54) is 63.2 Å². The first-order chi connectivity index (χ1) is 29.8. The number of halogens is 4. The van der Waals surface area contributed by atoms with Crippen LogP contribution in [0.2, 0.25) is 28.2 Å². The molecule has 9 heteroatoms. The Kier molecular flexibility index (Phi) is 15.0. The number of hydrogen-bond acceptors (Lipinski definition) is 3. The monoisotopic (exact) mass is 1030 g/mol. The van der Waals surface area contributed by atoms with Crippen LogP contribution >= 0.6 is 55.1 Å². The van der Waals surface area contributed by atoms with E-state index in [1.807, 2.05) is 18.2 Å². The number of benzene rings is 4. The molecule has 2 atom stereocenters. The first kappa shape index (κ1) is 48.1. The fourth-order valence-electron chi connectivity index (χ4n) is 9.57. The predicted molar refractivity (Wildman–Crippen MR) is 278 cm³/mol. The van der Waals surface area contributed by atoms with Crippen LogP contribution in [-0.4, -0.2) is 24.7 Å². The van der Waals surface area contributed by atoms with Gasteiger partial charge >= 0.3 is 0 Å². The average molecular weight is 1030 g/mol. The van der Waals surface area contributed by atoms with Crippen molar-refractivity contribution in [3.05, 3.63) is 131 Å². The van der Waals surface area contributed by atoms with E-state index in [4.69, 9.17) is 37.4 Å². The summed E-state index contributed by atoms with van der Waals surface area (Å²) in [7, 11) is -2.28. The molecule has 0 N–H and O–H groups in total. The summed E-state index contributed by atoms with van der Waals surface area (Å²) < 4.78 is 19.8. The maximum Gasteiger partial charge on any atom is 0.250 e. The van der Waals surface area contributed by atoms with Crippen LogP contribution in [-0.2, 0) is 37.6 Å². The molecule has 0 saturated heterocycles. The Bertz CT molecular complexity index is 2450. The number of fused-ring (bicyclic) bond motifs is 2. The molecule has 0 spiro atoms. The molecule has 1 aromatic heterocycles. The van der Waals surface area contributed by atoms with Crippen LogP contribution < -0.4 is 9.16 Å². The molecular weight excluding hydrogens is 967 g/mol. The second-order valence-corrected chi connectivity index (χ2v) is 27.6. The minimum atomic E-state index is -2.28. The summed E-state index contributed by atoms with van der Waals surface area (Å²) >= 11 is 21.9. The lowest BCUT2D eigenvalue weighted by Gasteiger charge is -2.39. The highest BCUT2D eigenvalue weighted by Crippen LogP contribution is 2.54. The molecule has 0 radical (unpaired) electrons. The highest BCUT2D eigenvalue weighted by Gasteiger charge is 2.41. The Labute approximate surface area is 406 Å². The van der Waals surface area contributed by atoms with Gasteiger partial charge in [-0.05, 0) is 205 Å². The van der Waals surface area contributed by atoms with E-state index in [-0.39, 0.29) is 22.5 Å². The molecule has 2 unspecified atom stereocenters. The lowest BCUT2D eigenvalue weighted by atomic mass is 9.74. The summed E-state index contributed by atoms with van der Waals surface area (Å²) in [4.78, 5) is 5.26. The van der Waals surface area contributed by atoms with Crippen molar-refractivity contribution in [2.24, 2.45) is 10.9 Å². The number of nitrogens with zero attached hydrogens (tertiary/aromatic N) is 2. The van der Waals surface area contributed by atoms with Crippen LogP contribution in [0.15, 0.2) is 86.7 Å². The third-order valence-electron chi connectivity index (χ3n) is 14.3. The number of aryl methyl sites for hydroxylation is 4. The third-order valence-corrected chi connectivity index (χ3v) is 20.4. The van der Waals surface area contributed by atoms with Crippen molar-refractivity contribution < 1.29 is 9.16 Å². The van der Waals surface area contributed by atoms with Gasteiger partial charge in [-0.3, -0.25) is 4.99 Å². The Morgan fingerprint density at radius 2 is 1.27 bits per heavy atom. The van der Waals surface area contributed by atoms with Gasteiger partial charge in [0, 0.05) is 34.1 Å². The Balaban J connectivity index is 1.44. The number of aromatic nitrogens is 1. The van der Waals surface area contributed by atoms with Crippen LogP contribution in [0.25, 0.3) is 11.1 Å². The molecule has 0 aliphatic heterocycles. The number of rotatable bonds is 14. The molecule has 4 nitrogen and oxygen atoms in total. The summed E-state index contributed by atoms with van der Waals surface area (Å²) in [5.74, 6) is 1.91. The van der Waals surface area contributed by atoms with Gasteiger partial charge in [0.25, 0.3) is 8.32 Å². The molecule has 1 heterocycles. The highest BCUT2D eigenvalue weighted by atomic mass is 79.9. The van der Waals surface area contributed by atoms with Crippen molar-refractivity contribution in [1.82, 2.24) is 4.57 Å². The molecule has 0 amide bonds. The molecule has 7 rings (SSSR count). The molecular formula is C54H66Br2Cl2N2O2Si. The van der Waals surface area contributed by atoms with Crippen LogP contribution in [0, 0.1) is 19.8 Å². The zero-order valence-corrected chi connectivity index (χ0v) is 44.8. The standard InChI is InChI=1S/C54H66Br2Cl2N2O2Si/c1-34-27-28-35(2)60(34)33-41(29-39(32-54(7,8)40-21-12-11-13-22-40)36(3)59-50-46(57)25-18-26-47(50)58)61-51-44(55)30-37-19-14-16-23-42(37)48(51)49-43-24-17-15-20-38(43)31-45(56)52(49)62-63(9,10)53(4,5)6/h11-13,18,21-22,25-28,30-31,39,41H,14-17,19-20,23-24,29,32-33H2,1-10H3/b59-36+. The van der Waals surface area contributed by atoms with Gasteiger partial charge in [0.05, 0.1) is 25.5 Å². The van der Waals surface area contributed by atoms with E-state index in [0.717, 1.165) is 77.5 Å². The second kappa shape index (κ2) is 19.6. The SMILES string of the molecule is C/C(=N\c1c(Cl)cccc1Cl)C(CC(Cn1c(C)ccc1C)Oc1c(Br)cc2c(c1-c1c3c(cc(Br)c1O[Si](C)(C)C(C)(C)C)CCCC3)CCCC2)CC(C)(C)c1ccccc1. The van der Waals surface area contributed by atoms with E-state index >= 15 is 0 Å². The maximum absolute atomic E-state index is 7.83. The van der Waals surface area contributed by atoms with E-state index in [9.17, 15) is 0 Å². The van der Waals surface area contributed by atoms with Crippen molar-refractivity contribution in [3.8, 4) is 22.6 Å². The first-order valence-electron chi connectivity index (χ1n) is 23.0. The third kappa shape index (κ3) is 10.6. The fraction of sp³-hybridized carbons (Fsp3) is 0.463. The van der Waals surface area contributed by atoms with E-state index in [2.05, 4.69) is 160 Å². The van der Waals surface area contributed by atoms with E-state index in [0.29, 0.717) is 22.3 Å². The van der Waals surface area contributed by atoms with E-state index < -0.39 is 8.32 Å². The fourth-order valence-corrected chi connectivity index (χ4v) is 12.4. The quantitative estimate of drug-likeness (QED) is 0.0821. The van der Waals surface area contributed by atoms with Crippen molar-refractivity contribution in [2.45, 2.75) is 156 Å². The van der Waals surface area contributed by atoms with Crippen molar-refractivity contribution >= 4 is 74.8 Å². The van der Waals surface area contributed by atoms with Crippen LogP contribution in [0.5, 0.6) is 11.5 Å². The van der Waals surface area contributed by atoms with Gasteiger partial charge in [-0.1, -0.05) is 94.2 Å². The zero-order valence-electron chi connectivity index (χ0n) is 39.1. The van der Waals surface area contributed by atoms with Crippen molar-refractivity contribution in [2.75, 3.05) is 0 Å². The number of hydrogen-bond donors (Lipinski definition) is 0. The van der Waals surface area contributed by atoms with Crippen molar-refractivity contribution in [3.63, 3.8) is 0 Å². The Morgan fingerprint density at radius 1 is 0.746 bits per heavy atom. The Morgan fingerprint density at radius 3 is 1.83 bits per heavy atom. The minimum Gasteiger partial charge on any atom is -0.542 e. The van der Waals surface area contributed by atoms with Crippen LogP contribution in [0.3, 0.4) is 0 Å². The number of para-hydroxylation sites is 1. The number of aliphatic imine (C=N–C) groups is 1. The van der Waals surface area contributed by atoms with Gasteiger partial charge in [-0.2, -0.15) is 0 Å². The Hall–Kier alpha value is -2.81. The molecule has 4 aromatic carbocycles. The molecule has 0 bridgehead atoms. The van der Waals surface area contributed by atoms with Crippen molar-refractivity contribution in [1.29, 1.82) is 0 Å². The van der Waals surface area contributed by atoms with Crippen LogP contribution in [0.1, 0.15) is 119 Å². The first-order valence-corrected chi connectivity index (χ1v) is 28.2. The minimum absolute atomic E-state index is 0.0172. The summed E-state index contributed by atoms with van der Waals surface area (Å²) in [5.41, 5.74) is 13.3. The van der Waals surface area contributed by atoms with Gasteiger partial charge in [0.1, 0.15) is 23.3 Å². The maximum atomic E-state index is 7.83. The van der Waals surface area contributed by atoms with Gasteiger partial charge < -0.3 is 13.7 Å². The molecule has 336 valence electrons. The topological polar surface area (TPSA) is 35.8 Å². The highest BCUT2D eigenvalue weighted by molar-refractivity contribution is 9.11. The average Bonchev–Trinajstić information content (AvgIpc) is 3.54. The summed E-state index contributed by atoms with van der Waals surface area (Å²) in [6.45, 7) is 23.6. The lowest BCUT2D eigenvalue weighted by molar-refractivity contribution is 0.151. The largest absolute Gasteiger partial charge is 0.542 e. The lowest BCUT2D eigenvalue weighted by Crippen LogP contribution is -2.44. The van der Waals surface area contributed by atoms with Gasteiger partial charge in [0.2, 0.25) is 0 Å². The van der Waals surface area contributed by atoms with Gasteiger partial charge in [0.15, 0.2) is 0 Å². The normalized spacial score (nSPS) is 15.7. The van der Waals surface area contributed by atoms with Crippen LogP contribution in [0.4, 0.5) is 5.69 Å². The predicted octanol–water partition coefficient (Wildman–Crippen LogP) is 17.4. The summed E-state index contributed by atoms with van der Waals surface area (Å²) in [6.07, 6.45) is 10.2. The van der Waals surface area contributed by atoms with E-state index in [1.54, 1.807) is 0 Å².